The monoisotopic (exact) mass is 363 g/mol. The van der Waals surface area contributed by atoms with E-state index in [0.29, 0.717) is 21.8 Å². The fraction of sp³-hybridized carbons (Fsp3) is 0. The van der Waals surface area contributed by atoms with E-state index in [2.05, 4.69) is 10.2 Å². The third-order valence-corrected chi connectivity index (χ3v) is 3.94. The number of furan rings is 1. The number of nitrogens with two attached hydrogens (primary N) is 1. The van der Waals surface area contributed by atoms with Gasteiger partial charge in [0.25, 0.3) is 0 Å². The van der Waals surface area contributed by atoms with Crippen LogP contribution in [0.3, 0.4) is 0 Å². The molecule has 122 valence electrons. The van der Waals surface area contributed by atoms with Crippen LogP contribution in [0.4, 0.5) is 5.88 Å². The first kappa shape index (κ1) is 16.1. The Morgan fingerprint density at radius 3 is 2.88 bits per heavy atom. The van der Waals surface area contributed by atoms with Gasteiger partial charge in [-0.15, -0.1) is 10.2 Å². The molecule has 2 heterocycles. The van der Waals surface area contributed by atoms with Gasteiger partial charge in [-0.05, 0) is 29.7 Å². The third kappa shape index (κ3) is 3.42. The van der Waals surface area contributed by atoms with Gasteiger partial charge < -0.3 is 10.3 Å². The summed E-state index contributed by atoms with van der Waals surface area (Å²) in [6.45, 7) is 0. The van der Waals surface area contributed by atoms with Gasteiger partial charge in [-0.3, -0.25) is 10.1 Å². The minimum atomic E-state index is -0.599. The van der Waals surface area contributed by atoms with Crippen LogP contribution in [0.1, 0.15) is 5.76 Å². The topological polar surface area (TPSA) is 113 Å². The first-order valence-corrected chi connectivity index (χ1v) is 7.84. The second-order valence-electron chi connectivity index (χ2n) is 4.54. The van der Waals surface area contributed by atoms with Gasteiger partial charge in [-0.2, -0.15) is 0 Å². The second kappa shape index (κ2) is 6.77. The van der Waals surface area contributed by atoms with Crippen LogP contribution in [-0.2, 0) is 0 Å². The zero-order valence-electron chi connectivity index (χ0n) is 12.0. The fourth-order valence-corrected chi connectivity index (χ4v) is 2.68. The fourth-order valence-electron chi connectivity index (χ4n) is 1.87. The van der Waals surface area contributed by atoms with E-state index in [1.165, 1.54) is 28.6 Å². The number of hydrogen-bond acceptors (Lipinski definition) is 7. The number of rotatable bonds is 5. The zero-order chi connectivity index (χ0) is 17.1. The van der Waals surface area contributed by atoms with E-state index < -0.39 is 4.92 Å². The van der Waals surface area contributed by atoms with Crippen LogP contribution in [0.2, 0.25) is 5.02 Å². The van der Waals surface area contributed by atoms with Gasteiger partial charge >= 0.3 is 5.88 Å². The van der Waals surface area contributed by atoms with Crippen LogP contribution < -0.4 is 5.84 Å². The molecule has 0 aliphatic carbocycles. The molecule has 0 saturated carbocycles. The van der Waals surface area contributed by atoms with Crippen LogP contribution in [0.15, 0.2) is 51.4 Å². The van der Waals surface area contributed by atoms with Crippen molar-refractivity contribution in [1.82, 2.24) is 14.9 Å². The average molecular weight is 364 g/mol. The number of nitrogens with zero attached hydrogens (tertiary/aromatic N) is 4. The summed E-state index contributed by atoms with van der Waals surface area (Å²) < 4.78 is 6.35. The highest BCUT2D eigenvalue weighted by atomic mass is 35.5. The second-order valence-corrected chi connectivity index (χ2v) is 5.85. The normalized spacial score (nSPS) is 11.2. The molecular weight excluding hydrogens is 354 g/mol. The Kier molecular flexibility index (Phi) is 4.54. The van der Waals surface area contributed by atoms with Crippen LogP contribution >= 0.6 is 23.4 Å². The van der Waals surface area contributed by atoms with E-state index in [1.54, 1.807) is 29.7 Å². The van der Waals surface area contributed by atoms with Crippen molar-refractivity contribution in [3.8, 4) is 11.4 Å². The Morgan fingerprint density at radius 1 is 1.33 bits per heavy atom. The molecule has 0 spiro atoms. The standard InChI is InChI=1S/C14H10ClN5O3S/c15-10-3-1-2-9(8-10)13-17-18-14(19(13)16)24-7-6-11-4-5-12(23-11)20(21)22/h1-8H,16H2/b7-6+. The van der Waals surface area contributed by atoms with Crippen LogP contribution in [-0.4, -0.2) is 19.8 Å². The van der Waals surface area contributed by atoms with Gasteiger partial charge in [0.1, 0.15) is 10.7 Å². The molecule has 0 bridgehead atoms. The molecule has 2 N–H and O–H groups in total. The van der Waals surface area contributed by atoms with Gasteiger partial charge in [0.05, 0.1) is 6.07 Å². The van der Waals surface area contributed by atoms with Crippen LogP contribution in [0.25, 0.3) is 17.5 Å². The Labute approximate surface area is 145 Å². The summed E-state index contributed by atoms with van der Waals surface area (Å²) in [5.74, 6) is 6.50. The van der Waals surface area contributed by atoms with E-state index in [4.69, 9.17) is 21.9 Å². The highest BCUT2D eigenvalue weighted by Gasteiger charge is 2.12. The smallest absolute Gasteiger partial charge is 0.401 e. The van der Waals surface area contributed by atoms with Crippen molar-refractivity contribution in [3.05, 3.63) is 62.7 Å². The predicted molar refractivity (Wildman–Crippen MR) is 90.9 cm³/mol. The quantitative estimate of drug-likeness (QED) is 0.319. The van der Waals surface area contributed by atoms with E-state index in [9.17, 15) is 10.1 Å². The lowest BCUT2D eigenvalue weighted by atomic mass is 10.2. The zero-order valence-corrected chi connectivity index (χ0v) is 13.6. The lowest BCUT2D eigenvalue weighted by Gasteiger charge is -2.02. The molecular formula is C14H10ClN5O3S. The van der Waals surface area contributed by atoms with Crippen molar-refractivity contribution in [2.75, 3.05) is 5.84 Å². The minimum Gasteiger partial charge on any atom is -0.401 e. The summed E-state index contributed by atoms with van der Waals surface area (Å²) in [5, 5.41) is 21.3. The maximum Gasteiger partial charge on any atom is 0.433 e. The largest absolute Gasteiger partial charge is 0.433 e. The first-order valence-electron chi connectivity index (χ1n) is 6.58. The van der Waals surface area contributed by atoms with Crippen molar-refractivity contribution in [3.63, 3.8) is 0 Å². The molecule has 0 fully saturated rings. The molecule has 0 saturated heterocycles. The molecule has 3 aromatic rings. The van der Waals surface area contributed by atoms with E-state index >= 15 is 0 Å². The Bertz CT molecular complexity index is 921. The molecule has 0 atom stereocenters. The number of aromatic nitrogens is 3. The first-order chi connectivity index (χ1) is 11.5. The number of hydrogen-bond donors (Lipinski definition) is 1. The molecule has 10 heteroatoms. The molecule has 0 unspecified atom stereocenters. The lowest BCUT2D eigenvalue weighted by Crippen LogP contribution is -2.11. The van der Waals surface area contributed by atoms with E-state index in [1.807, 2.05) is 6.07 Å². The Morgan fingerprint density at radius 2 is 2.17 bits per heavy atom. The minimum absolute atomic E-state index is 0.315. The lowest BCUT2D eigenvalue weighted by molar-refractivity contribution is -0.402. The predicted octanol–water partition coefficient (Wildman–Crippen LogP) is 3.58. The number of nitro groups is 1. The third-order valence-electron chi connectivity index (χ3n) is 2.95. The average Bonchev–Trinajstić information content (AvgIpc) is 3.15. The number of thioether (sulfide) groups is 1. The summed E-state index contributed by atoms with van der Waals surface area (Å²) in [4.78, 5) is 9.95. The number of nitrogen functional groups attached to an aromatic ring is 1. The summed E-state index contributed by atoms with van der Waals surface area (Å²) >= 11 is 7.16. The Hall–Kier alpha value is -2.78. The van der Waals surface area contributed by atoms with Crippen molar-refractivity contribution in [2.24, 2.45) is 0 Å². The van der Waals surface area contributed by atoms with Crippen molar-refractivity contribution in [1.29, 1.82) is 0 Å². The number of benzene rings is 1. The molecule has 0 radical (unpaired) electrons. The van der Waals surface area contributed by atoms with Gasteiger partial charge in [0.15, 0.2) is 5.82 Å². The molecule has 8 nitrogen and oxygen atoms in total. The molecule has 0 aliphatic rings. The van der Waals surface area contributed by atoms with Gasteiger partial charge in [0.2, 0.25) is 5.16 Å². The molecule has 3 rings (SSSR count). The summed E-state index contributed by atoms with van der Waals surface area (Å²) in [5.41, 5.74) is 0.745. The highest BCUT2D eigenvalue weighted by molar-refractivity contribution is 8.02. The van der Waals surface area contributed by atoms with E-state index in [0.717, 1.165) is 5.56 Å². The molecule has 2 aromatic heterocycles. The van der Waals surface area contributed by atoms with Crippen LogP contribution in [0, 0.1) is 10.1 Å². The number of halogens is 1. The molecule has 0 amide bonds. The Balaban J connectivity index is 1.74. The SMILES string of the molecule is Nn1c(S/C=C/c2ccc([N+](=O)[O-])o2)nnc1-c1cccc(Cl)c1. The van der Waals surface area contributed by atoms with Crippen molar-refractivity contribution < 1.29 is 9.34 Å². The molecule has 1 aromatic carbocycles. The van der Waals surface area contributed by atoms with Gasteiger partial charge in [-0.1, -0.05) is 35.5 Å². The highest BCUT2D eigenvalue weighted by Crippen LogP contribution is 2.25. The van der Waals surface area contributed by atoms with Gasteiger partial charge in [0, 0.05) is 10.6 Å². The summed E-state index contributed by atoms with van der Waals surface area (Å²) in [7, 11) is 0. The summed E-state index contributed by atoms with van der Waals surface area (Å²) in [6, 6.07) is 9.89. The van der Waals surface area contributed by atoms with Crippen LogP contribution in [0.5, 0.6) is 0 Å². The van der Waals surface area contributed by atoms with Gasteiger partial charge in [-0.25, -0.2) is 4.68 Å². The summed E-state index contributed by atoms with van der Waals surface area (Å²) in [6.07, 6.45) is 1.57. The maximum absolute atomic E-state index is 10.6. The molecule has 24 heavy (non-hydrogen) atoms. The van der Waals surface area contributed by atoms with E-state index in [-0.39, 0.29) is 5.88 Å². The van der Waals surface area contributed by atoms with Crippen molar-refractivity contribution in [2.45, 2.75) is 5.16 Å². The molecule has 0 aliphatic heterocycles. The maximum atomic E-state index is 10.6. The van der Waals surface area contributed by atoms with Crippen molar-refractivity contribution >= 4 is 35.3 Å².